The normalized spacial score (nSPS) is 12.2. The van der Waals surface area contributed by atoms with E-state index in [4.69, 9.17) is 0 Å². The second kappa shape index (κ2) is 6.13. The quantitative estimate of drug-likeness (QED) is 0.769. The number of nitrogens with zero attached hydrogens (tertiary/aromatic N) is 3. The van der Waals surface area contributed by atoms with E-state index in [1.165, 1.54) is 11.8 Å². The summed E-state index contributed by atoms with van der Waals surface area (Å²) < 4.78 is 24.4. The standard InChI is InChI=1S/C15H23N3O2S/c1-11-12(2)16-10-14-15(11)18(13(3)17-14)8-6-5-7-9-21(4,19)20/h10H,5-9H2,1-4H3. The van der Waals surface area contributed by atoms with Gasteiger partial charge in [-0.25, -0.2) is 13.4 Å². The van der Waals surface area contributed by atoms with Crippen molar-refractivity contribution in [1.29, 1.82) is 0 Å². The van der Waals surface area contributed by atoms with Crippen LogP contribution in [0.3, 0.4) is 0 Å². The Hall–Kier alpha value is -1.43. The number of hydrogen-bond acceptors (Lipinski definition) is 4. The van der Waals surface area contributed by atoms with Crippen molar-refractivity contribution in [2.24, 2.45) is 0 Å². The van der Waals surface area contributed by atoms with Crippen LogP contribution in [0.25, 0.3) is 11.0 Å². The van der Waals surface area contributed by atoms with Crippen LogP contribution in [-0.4, -0.2) is 35.0 Å². The number of sulfone groups is 1. The highest BCUT2D eigenvalue weighted by molar-refractivity contribution is 7.90. The number of pyridine rings is 1. The predicted molar refractivity (Wildman–Crippen MR) is 85.3 cm³/mol. The average molecular weight is 309 g/mol. The van der Waals surface area contributed by atoms with Gasteiger partial charge in [0.15, 0.2) is 0 Å². The smallest absolute Gasteiger partial charge is 0.147 e. The van der Waals surface area contributed by atoms with Crippen molar-refractivity contribution in [2.45, 2.75) is 46.6 Å². The van der Waals surface area contributed by atoms with Crippen molar-refractivity contribution in [3.63, 3.8) is 0 Å². The Bertz CT molecular complexity index is 748. The van der Waals surface area contributed by atoms with Crippen LogP contribution in [-0.2, 0) is 16.4 Å². The molecule has 0 spiro atoms. The molecule has 0 amide bonds. The molecule has 0 N–H and O–H groups in total. The molecular weight excluding hydrogens is 286 g/mol. The minimum Gasteiger partial charge on any atom is -0.328 e. The first-order valence-electron chi connectivity index (χ1n) is 7.26. The third kappa shape index (κ3) is 3.81. The van der Waals surface area contributed by atoms with Gasteiger partial charge in [0, 0.05) is 24.2 Å². The van der Waals surface area contributed by atoms with Crippen molar-refractivity contribution in [1.82, 2.24) is 14.5 Å². The van der Waals surface area contributed by atoms with Crippen LogP contribution in [0.15, 0.2) is 6.20 Å². The van der Waals surface area contributed by atoms with Gasteiger partial charge < -0.3 is 4.57 Å². The van der Waals surface area contributed by atoms with Gasteiger partial charge >= 0.3 is 0 Å². The predicted octanol–water partition coefficient (Wildman–Crippen LogP) is 2.57. The molecule has 116 valence electrons. The molecule has 6 heteroatoms. The molecule has 0 unspecified atom stereocenters. The van der Waals surface area contributed by atoms with Crippen LogP contribution in [0, 0.1) is 20.8 Å². The maximum Gasteiger partial charge on any atom is 0.147 e. The highest BCUT2D eigenvalue weighted by Gasteiger charge is 2.11. The van der Waals surface area contributed by atoms with Gasteiger partial charge in [0.2, 0.25) is 0 Å². The third-order valence-electron chi connectivity index (χ3n) is 3.86. The van der Waals surface area contributed by atoms with Crippen molar-refractivity contribution < 1.29 is 8.42 Å². The molecule has 0 aliphatic carbocycles. The first-order valence-corrected chi connectivity index (χ1v) is 9.32. The molecule has 2 aromatic rings. The Morgan fingerprint density at radius 2 is 1.86 bits per heavy atom. The molecule has 2 rings (SSSR count). The minimum atomic E-state index is -2.84. The van der Waals surface area contributed by atoms with E-state index in [9.17, 15) is 8.42 Å². The van der Waals surface area contributed by atoms with E-state index >= 15 is 0 Å². The van der Waals surface area contributed by atoms with E-state index in [0.29, 0.717) is 0 Å². The van der Waals surface area contributed by atoms with Gasteiger partial charge in [-0.2, -0.15) is 0 Å². The lowest BCUT2D eigenvalue weighted by atomic mass is 10.2. The van der Waals surface area contributed by atoms with E-state index in [0.717, 1.165) is 48.4 Å². The summed E-state index contributed by atoms with van der Waals surface area (Å²) in [6, 6.07) is 0. The molecule has 5 nitrogen and oxygen atoms in total. The Morgan fingerprint density at radius 3 is 2.52 bits per heavy atom. The number of fused-ring (bicyclic) bond motifs is 1. The van der Waals surface area contributed by atoms with Crippen molar-refractivity contribution in [3.05, 3.63) is 23.3 Å². The third-order valence-corrected chi connectivity index (χ3v) is 4.89. The van der Waals surface area contributed by atoms with Crippen molar-refractivity contribution >= 4 is 20.9 Å². The fourth-order valence-electron chi connectivity index (χ4n) is 2.58. The van der Waals surface area contributed by atoms with Gasteiger partial charge in [-0.1, -0.05) is 6.42 Å². The lowest BCUT2D eigenvalue weighted by Gasteiger charge is -2.09. The van der Waals surface area contributed by atoms with Crippen LogP contribution >= 0.6 is 0 Å². The maximum absolute atomic E-state index is 11.1. The number of hydrogen-bond donors (Lipinski definition) is 0. The average Bonchev–Trinajstić information content (AvgIpc) is 2.69. The molecular formula is C15H23N3O2S. The van der Waals surface area contributed by atoms with E-state index in [1.807, 2.05) is 20.0 Å². The lowest BCUT2D eigenvalue weighted by Crippen LogP contribution is -2.05. The summed E-state index contributed by atoms with van der Waals surface area (Å²) in [5, 5.41) is 0. The van der Waals surface area contributed by atoms with Gasteiger partial charge in [-0.3, -0.25) is 4.98 Å². The molecule has 21 heavy (non-hydrogen) atoms. The zero-order valence-electron chi connectivity index (χ0n) is 13.2. The van der Waals surface area contributed by atoms with Crippen LogP contribution < -0.4 is 0 Å². The Kier molecular flexibility index (Phi) is 4.66. The summed E-state index contributed by atoms with van der Waals surface area (Å²) in [5.41, 5.74) is 4.29. The number of rotatable bonds is 6. The minimum absolute atomic E-state index is 0.277. The Morgan fingerprint density at radius 1 is 1.14 bits per heavy atom. The molecule has 0 atom stereocenters. The summed E-state index contributed by atoms with van der Waals surface area (Å²) in [7, 11) is -2.84. The van der Waals surface area contributed by atoms with Crippen LogP contribution in [0.2, 0.25) is 0 Å². The molecule has 0 aliphatic rings. The number of aryl methyl sites for hydroxylation is 4. The van der Waals surface area contributed by atoms with E-state index in [2.05, 4.69) is 21.5 Å². The topological polar surface area (TPSA) is 64.8 Å². The second-order valence-electron chi connectivity index (χ2n) is 5.70. The molecule has 0 aromatic carbocycles. The van der Waals surface area contributed by atoms with E-state index in [-0.39, 0.29) is 5.75 Å². The Balaban J connectivity index is 2.08. The summed E-state index contributed by atoms with van der Waals surface area (Å²) in [4.78, 5) is 8.91. The second-order valence-corrected chi connectivity index (χ2v) is 7.96. The van der Waals surface area contributed by atoms with Crippen LogP contribution in [0.5, 0.6) is 0 Å². The summed E-state index contributed by atoms with van der Waals surface area (Å²) >= 11 is 0. The van der Waals surface area contributed by atoms with E-state index in [1.54, 1.807) is 0 Å². The molecule has 2 aromatic heterocycles. The first-order chi connectivity index (χ1) is 9.79. The number of imidazole rings is 1. The summed E-state index contributed by atoms with van der Waals surface area (Å²) in [6.45, 7) is 6.96. The summed E-state index contributed by atoms with van der Waals surface area (Å²) in [6.07, 6.45) is 5.71. The molecule has 0 saturated carbocycles. The highest BCUT2D eigenvalue weighted by atomic mass is 32.2. The lowest BCUT2D eigenvalue weighted by molar-refractivity contribution is 0.581. The van der Waals surface area contributed by atoms with Gasteiger partial charge in [-0.15, -0.1) is 0 Å². The molecule has 0 bridgehead atoms. The van der Waals surface area contributed by atoms with E-state index < -0.39 is 9.84 Å². The highest BCUT2D eigenvalue weighted by Crippen LogP contribution is 2.21. The summed E-state index contributed by atoms with van der Waals surface area (Å²) in [5.74, 6) is 1.27. The largest absolute Gasteiger partial charge is 0.328 e. The van der Waals surface area contributed by atoms with Crippen molar-refractivity contribution in [2.75, 3.05) is 12.0 Å². The fourth-order valence-corrected chi connectivity index (χ4v) is 3.31. The van der Waals surface area contributed by atoms with Gasteiger partial charge in [0.25, 0.3) is 0 Å². The van der Waals surface area contributed by atoms with Gasteiger partial charge in [0.05, 0.1) is 11.7 Å². The monoisotopic (exact) mass is 309 g/mol. The zero-order chi connectivity index (χ0) is 15.6. The van der Waals surface area contributed by atoms with Gasteiger partial charge in [0.1, 0.15) is 21.2 Å². The molecule has 0 aliphatic heterocycles. The van der Waals surface area contributed by atoms with Crippen molar-refractivity contribution in [3.8, 4) is 0 Å². The SMILES string of the molecule is Cc1ncc2nc(C)n(CCCCCS(C)(=O)=O)c2c1C. The number of aromatic nitrogens is 3. The Labute approximate surface area is 126 Å². The van der Waals surface area contributed by atoms with Crippen LogP contribution in [0.1, 0.15) is 36.3 Å². The number of unbranched alkanes of at least 4 members (excludes halogenated alkanes) is 2. The zero-order valence-corrected chi connectivity index (χ0v) is 14.0. The first kappa shape index (κ1) is 15.9. The molecule has 2 heterocycles. The molecule has 0 fully saturated rings. The fraction of sp³-hybridized carbons (Fsp3) is 0.600. The van der Waals surface area contributed by atoms with Crippen LogP contribution in [0.4, 0.5) is 0 Å². The molecule has 0 saturated heterocycles. The van der Waals surface area contributed by atoms with Gasteiger partial charge in [-0.05, 0) is 39.2 Å². The molecule has 0 radical (unpaired) electrons. The maximum atomic E-state index is 11.1.